The van der Waals surface area contributed by atoms with E-state index in [1.54, 1.807) is 0 Å². The molecule has 84 valence electrons. The number of hydrogen-bond acceptors (Lipinski definition) is 1. The normalized spacial score (nSPS) is 14.9. The molecular formula is C13H19FO. The number of aliphatic hydroxyl groups excluding tert-OH is 1. The van der Waals surface area contributed by atoms with Crippen LogP contribution in [-0.4, -0.2) is 11.2 Å². The average Bonchev–Trinajstić information content (AvgIpc) is 2.20. The van der Waals surface area contributed by atoms with Gasteiger partial charge in [-0.1, -0.05) is 19.1 Å². The summed E-state index contributed by atoms with van der Waals surface area (Å²) < 4.78 is 12.6. The highest BCUT2D eigenvalue weighted by molar-refractivity contribution is 5.15. The van der Waals surface area contributed by atoms with Crippen molar-refractivity contribution in [1.29, 1.82) is 0 Å². The molecule has 1 nitrogen and oxygen atoms in total. The molecule has 0 radical (unpaired) electrons. The van der Waals surface area contributed by atoms with Crippen molar-refractivity contribution >= 4 is 0 Å². The molecule has 1 aromatic rings. The molecule has 0 amide bonds. The van der Waals surface area contributed by atoms with Gasteiger partial charge in [-0.3, -0.25) is 0 Å². The van der Waals surface area contributed by atoms with Crippen molar-refractivity contribution in [2.75, 3.05) is 0 Å². The maximum absolute atomic E-state index is 12.6. The SMILES string of the molecule is CC(O)C(C)CCCc1ccc(F)cc1. The molecule has 0 heterocycles. The molecule has 0 aliphatic rings. The summed E-state index contributed by atoms with van der Waals surface area (Å²) in [5.41, 5.74) is 1.16. The Bertz CT molecular complexity index is 279. The van der Waals surface area contributed by atoms with Crippen LogP contribution in [0, 0.1) is 11.7 Å². The van der Waals surface area contributed by atoms with E-state index in [4.69, 9.17) is 0 Å². The molecule has 1 rings (SSSR count). The van der Waals surface area contributed by atoms with E-state index in [0.29, 0.717) is 5.92 Å². The largest absolute Gasteiger partial charge is 0.393 e. The van der Waals surface area contributed by atoms with Crippen LogP contribution in [0.3, 0.4) is 0 Å². The molecule has 0 spiro atoms. The Morgan fingerprint density at radius 3 is 2.33 bits per heavy atom. The van der Waals surface area contributed by atoms with Crippen molar-refractivity contribution in [1.82, 2.24) is 0 Å². The molecule has 0 saturated carbocycles. The van der Waals surface area contributed by atoms with Crippen molar-refractivity contribution in [3.63, 3.8) is 0 Å². The summed E-state index contributed by atoms with van der Waals surface area (Å²) in [5, 5.41) is 9.30. The third-order valence-corrected chi connectivity index (χ3v) is 2.86. The number of benzene rings is 1. The van der Waals surface area contributed by atoms with Gasteiger partial charge in [0.1, 0.15) is 5.82 Å². The Balaban J connectivity index is 2.29. The number of rotatable bonds is 5. The number of aliphatic hydroxyl groups is 1. The van der Waals surface area contributed by atoms with Crippen molar-refractivity contribution in [3.05, 3.63) is 35.6 Å². The van der Waals surface area contributed by atoms with E-state index < -0.39 is 0 Å². The predicted molar refractivity (Wildman–Crippen MR) is 60.2 cm³/mol. The van der Waals surface area contributed by atoms with Gasteiger partial charge in [0.25, 0.3) is 0 Å². The molecule has 0 fully saturated rings. The van der Waals surface area contributed by atoms with Crippen molar-refractivity contribution in [2.45, 2.75) is 39.2 Å². The Kier molecular flexibility index (Phi) is 4.76. The fraction of sp³-hybridized carbons (Fsp3) is 0.538. The lowest BCUT2D eigenvalue weighted by Gasteiger charge is -2.13. The summed E-state index contributed by atoms with van der Waals surface area (Å²) in [5.74, 6) is 0.154. The third kappa shape index (κ3) is 4.43. The second-order valence-corrected chi connectivity index (χ2v) is 4.24. The van der Waals surface area contributed by atoms with Gasteiger partial charge >= 0.3 is 0 Å². The van der Waals surface area contributed by atoms with Crippen LogP contribution in [0.25, 0.3) is 0 Å². The van der Waals surface area contributed by atoms with Crippen molar-refractivity contribution < 1.29 is 9.50 Å². The van der Waals surface area contributed by atoms with Gasteiger partial charge in [-0.05, 0) is 49.8 Å². The highest BCUT2D eigenvalue weighted by atomic mass is 19.1. The first-order valence-electron chi connectivity index (χ1n) is 5.52. The van der Waals surface area contributed by atoms with E-state index in [2.05, 4.69) is 6.92 Å². The van der Waals surface area contributed by atoms with E-state index in [0.717, 1.165) is 24.8 Å². The first-order valence-corrected chi connectivity index (χ1v) is 5.52. The van der Waals surface area contributed by atoms with Gasteiger partial charge in [0.15, 0.2) is 0 Å². The standard InChI is InChI=1S/C13H19FO/c1-10(11(2)15)4-3-5-12-6-8-13(14)9-7-12/h6-11,15H,3-5H2,1-2H3. The Labute approximate surface area is 90.9 Å². The van der Waals surface area contributed by atoms with E-state index >= 15 is 0 Å². The van der Waals surface area contributed by atoms with Gasteiger partial charge < -0.3 is 5.11 Å². The highest BCUT2D eigenvalue weighted by Gasteiger charge is 2.07. The maximum Gasteiger partial charge on any atom is 0.123 e. The number of hydrogen-bond donors (Lipinski definition) is 1. The summed E-state index contributed by atoms with van der Waals surface area (Å²) in [7, 11) is 0. The lowest BCUT2D eigenvalue weighted by Crippen LogP contribution is -2.12. The van der Waals surface area contributed by atoms with Crippen LogP contribution in [0.4, 0.5) is 4.39 Å². The smallest absolute Gasteiger partial charge is 0.123 e. The molecule has 0 aliphatic heterocycles. The van der Waals surface area contributed by atoms with E-state index in [-0.39, 0.29) is 11.9 Å². The fourth-order valence-corrected chi connectivity index (χ4v) is 1.52. The van der Waals surface area contributed by atoms with Gasteiger partial charge in [-0.2, -0.15) is 0 Å². The van der Waals surface area contributed by atoms with Crippen LogP contribution in [0.15, 0.2) is 24.3 Å². The van der Waals surface area contributed by atoms with Gasteiger partial charge in [0.2, 0.25) is 0 Å². The second kappa shape index (κ2) is 5.86. The van der Waals surface area contributed by atoms with Crippen LogP contribution in [0.2, 0.25) is 0 Å². The van der Waals surface area contributed by atoms with Crippen LogP contribution >= 0.6 is 0 Å². The van der Waals surface area contributed by atoms with Gasteiger partial charge in [0, 0.05) is 0 Å². The minimum Gasteiger partial charge on any atom is -0.393 e. The first-order chi connectivity index (χ1) is 7.09. The zero-order valence-corrected chi connectivity index (χ0v) is 9.41. The predicted octanol–water partition coefficient (Wildman–Crippen LogP) is 3.17. The second-order valence-electron chi connectivity index (χ2n) is 4.24. The fourth-order valence-electron chi connectivity index (χ4n) is 1.52. The zero-order valence-electron chi connectivity index (χ0n) is 9.41. The molecule has 2 unspecified atom stereocenters. The van der Waals surface area contributed by atoms with Crippen LogP contribution in [0.1, 0.15) is 32.3 Å². The molecule has 1 aromatic carbocycles. The summed E-state index contributed by atoms with van der Waals surface area (Å²) in [6.07, 6.45) is 2.77. The van der Waals surface area contributed by atoms with Crippen LogP contribution in [-0.2, 0) is 6.42 Å². The quantitative estimate of drug-likeness (QED) is 0.791. The molecule has 0 aromatic heterocycles. The molecule has 1 N–H and O–H groups in total. The van der Waals surface area contributed by atoms with Crippen molar-refractivity contribution in [3.8, 4) is 0 Å². The summed E-state index contributed by atoms with van der Waals surface area (Å²) in [4.78, 5) is 0. The van der Waals surface area contributed by atoms with Gasteiger partial charge in [0.05, 0.1) is 6.10 Å². The van der Waals surface area contributed by atoms with Crippen LogP contribution < -0.4 is 0 Å². The topological polar surface area (TPSA) is 20.2 Å². The van der Waals surface area contributed by atoms with Gasteiger partial charge in [-0.15, -0.1) is 0 Å². The van der Waals surface area contributed by atoms with Gasteiger partial charge in [-0.25, -0.2) is 4.39 Å². The summed E-state index contributed by atoms with van der Waals surface area (Å²) in [6.45, 7) is 3.87. The average molecular weight is 210 g/mol. The molecular weight excluding hydrogens is 191 g/mol. The zero-order chi connectivity index (χ0) is 11.3. The molecule has 2 heteroatoms. The maximum atomic E-state index is 12.6. The Hall–Kier alpha value is -0.890. The van der Waals surface area contributed by atoms with E-state index in [1.807, 2.05) is 19.1 Å². The molecule has 15 heavy (non-hydrogen) atoms. The summed E-state index contributed by atoms with van der Waals surface area (Å²) >= 11 is 0. The first kappa shape index (κ1) is 12.2. The Morgan fingerprint density at radius 1 is 1.20 bits per heavy atom. The third-order valence-electron chi connectivity index (χ3n) is 2.86. The monoisotopic (exact) mass is 210 g/mol. The van der Waals surface area contributed by atoms with Crippen molar-refractivity contribution in [2.24, 2.45) is 5.92 Å². The minimum absolute atomic E-state index is 0.184. The molecule has 2 atom stereocenters. The lowest BCUT2D eigenvalue weighted by molar-refractivity contribution is 0.129. The number of halogens is 1. The highest BCUT2D eigenvalue weighted by Crippen LogP contribution is 2.13. The van der Waals surface area contributed by atoms with Crippen LogP contribution in [0.5, 0.6) is 0 Å². The molecule has 0 aliphatic carbocycles. The molecule has 0 saturated heterocycles. The molecule has 0 bridgehead atoms. The van der Waals surface area contributed by atoms with E-state index in [9.17, 15) is 9.50 Å². The summed E-state index contributed by atoms with van der Waals surface area (Å²) in [6, 6.07) is 6.63. The van der Waals surface area contributed by atoms with E-state index in [1.165, 1.54) is 12.1 Å². The lowest BCUT2D eigenvalue weighted by atomic mass is 9.97. The Morgan fingerprint density at radius 2 is 1.80 bits per heavy atom. The number of aryl methyl sites for hydroxylation is 1. The minimum atomic E-state index is -0.238.